The van der Waals surface area contributed by atoms with E-state index in [1.54, 1.807) is 12.1 Å². The van der Waals surface area contributed by atoms with Crippen LogP contribution < -0.4 is 5.43 Å². The molecule has 0 saturated carbocycles. The molecule has 0 atom stereocenters. The van der Waals surface area contributed by atoms with Crippen LogP contribution >= 0.6 is 0 Å². The first-order valence-corrected chi connectivity index (χ1v) is 4.82. The van der Waals surface area contributed by atoms with Crippen LogP contribution in [0.25, 0.3) is 0 Å². The molecule has 0 aliphatic carbocycles. The third-order valence-electron chi connectivity index (χ3n) is 1.22. The third kappa shape index (κ3) is 3.37. The highest BCUT2D eigenvalue weighted by molar-refractivity contribution is 7.84. The molecular formula is C6H7N3O4S. The molecule has 0 unspecified atom stereocenters. The Morgan fingerprint density at radius 1 is 1.29 bits per heavy atom. The lowest BCUT2D eigenvalue weighted by atomic mass is 10.3. The maximum Gasteiger partial charge on any atom is 0.397 e. The van der Waals surface area contributed by atoms with Crippen LogP contribution in [0.2, 0.25) is 0 Å². The summed E-state index contributed by atoms with van der Waals surface area (Å²) in [6.45, 7) is 0. The first-order chi connectivity index (χ1) is 6.49. The Bertz CT molecular complexity index is 442. The van der Waals surface area contributed by atoms with Gasteiger partial charge in [0.15, 0.2) is 0 Å². The van der Waals surface area contributed by atoms with Crippen molar-refractivity contribution in [2.24, 2.45) is 9.74 Å². The molecule has 1 aromatic carbocycles. The predicted molar refractivity (Wildman–Crippen MR) is 48.1 cm³/mol. The number of phenols is 1. The van der Waals surface area contributed by atoms with Gasteiger partial charge in [0.1, 0.15) is 5.75 Å². The highest BCUT2D eigenvalue weighted by Gasteiger charge is 1.99. The lowest BCUT2D eigenvalue weighted by Gasteiger charge is -1.99. The molecular weight excluding hydrogens is 210 g/mol. The molecule has 3 N–H and O–H groups in total. The number of rotatable bonds is 3. The smallest absolute Gasteiger partial charge is 0.397 e. The van der Waals surface area contributed by atoms with Crippen molar-refractivity contribution in [1.29, 1.82) is 0 Å². The number of para-hydroxylation sites is 2. The van der Waals surface area contributed by atoms with Gasteiger partial charge in [-0.25, -0.2) is 0 Å². The van der Waals surface area contributed by atoms with E-state index < -0.39 is 10.3 Å². The standard InChI is InChI=1S/C6H7N3O4S/c10-6-4-2-1-3-5(6)7-8-9-14(11,12)13/h1-4,10H,(H,7,9)(H,11,12,13). The summed E-state index contributed by atoms with van der Waals surface area (Å²) < 4.78 is 30.9. The molecule has 0 radical (unpaired) electrons. The van der Waals surface area contributed by atoms with Crippen LogP contribution in [0.15, 0.2) is 34.0 Å². The maximum atomic E-state index is 10.1. The van der Waals surface area contributed by atoms with Gasteiger partial charge in [0.05, 0.1) is 5.69 Å². The quantitative estimate of drug-likeness (QED) is 0.302. The molecule has 1 rings (SSSR count). The second-order valence-electron chi connectivity index (χ2n) is 2.26. The van der Waals surface area contributed by atoms with Crippen molar-refractivity contribution >= 4 is 16.0 Å². The van der Waals surface area contributed by atoms with E-state index in [-0.39, 0.29) is 11.4 Å². The van der Waals surface area contributed by atoms with Crippen molar-refractivity contribution in [2.45, 2.75) is 0 Å². The minimum atomic E-state index is -4.49. The van der Waals surface area contributed by atoms with Gasteiger partial charge >= 0.3 is 10.3 Å². The Kier molecular flexibility index (Phi) is 2.99. The largest absolute Gasteiger partial charge is 0.506 e. The first-order valence-electron chi connectivity index (χ1n) is 3.42. The zero-order valence-corrected chi connectivity index (χ0v) is 7.64. The van der Waals surface area contributed by atoms with Crippen LogP contribution in [0.5, 0.6) is 5.75 Å². The Labute approximate surface area is 80.0 Å². The number of hydrogen-bond donors (Lipinski definition) is 3. The lowest BCUT2D eigenvalue weighted by molar-refractivity contribution is 0.475. The summed E-state index contributed by atoms with van der Waals surface area (Å²) in [7, 11) is -4.49. The number of nitrogens with one attached hydrogen (secondary N) is 1. The summed E-state index contributed by atoms with van der Waals surface area (Å²) in [5.41, 5.74) is 2.32. The second kappa shape index (κ2) is 4.03. The van der Waals surface area contributed by atoms with E-state index in [1.807, 2.05) is 0 Å². The van der Waals surface area contributed by atoms with Gasteiger partial charge in [-0.05, 0) is 16.7 Å². The van der Waals surface area contributed by atoms with E-state index in [0.29, 0.717) is 0 Å². The number of hydrogen-bond acceptors (Lipinski definition) is 4. The summed E-state index contributed by atoms with van der Waals surface area (Å²) in [5, 5.41) is 12.1. The molecule has 14 heavy (non-hydrogen) atoms. The zero-order chi connectivity index (χ0) is 10.6. The molecule has 0 aliphatic rings. The zero-order valence-electron chi connectivity index (χ0n) is 6.82. The van der Waals surface area contributed by atoms with Gasteiger partial charge in [-0.15, -0.1) is 0 Å². The van der Waals surface area contributed by atoms with Crippen LogP contribution in [0, 0.1) is 0 Å². The van der Waals surface area contributed by atoms with Crippen LogP contribution in [0.3, 0.4) is 0 Å². The fourth-order valence-corrected chi connectivity index (χ4v) is 0.838. The molecule has 7 nitrogen and oxygen atoms in total. The lowest BCUT2D eigenvalue weighted by Crippen LogP contribution is -1.93. The van der Waals surface area contributed by atoms with Crippen molar-refractivity contribution in [2.75, 3.05) is 5.43 Å². The summed E-state index contributed by atoms with van der Waals surface area (Å²) in [6.07, 6.45) is 0. The van der Waals surface area contributed by atoms with E-state index in [4.69, 9.17) is 9.66 Å². The number of nitrogens with zero attached hydrogens (tertiary/aromatic N) is 2. The summed E-state index contributed by atoms with van der Waals surface area (Å²) in [6, 6.07) is 6.02. The van der Waals surface area contributed by atoms with Gasteiger partial charge in [-0.2, -0.15) is 8.42 Å². The van der Waals surface area contributed by atoms with Crippen molar-refractivity contribution in [1.82, 2.24) is 0 Å². The molecule has 0 heterocycles. The number of benzene rings is 1. The molecule has 0 saturated heterocycles. The number of anilines is 1. The Morgan fingerprint density at radius 2 is 1.93 bits per heavy atom. The number of phenolic OH excluding ortho intramolecular Hbond substituents is 1. The molecule has 0 aromatic heterocycles. The molecule has 76 valence electrons. The van der Waals surface area contributed by atoms with E-state index in [1.165, 1.54) is 12.1 Å². The average molecular weight is 217 g/mol. The molecule has 8 heteroatoms. The average Bonchev–Trinajstić information content (AvgIpc) is 2.06. The fraction of sp³-hybridized carbons (Fsp3) is 0. The topological polar surface area (TPSA) is 111 Å². The predicted octanol–water partition coefficient (Wildman–Crippen LogP) is 0.974. The van der Waals surface area contributed by atoms with Crippen molar-refractivity contribution < 1.29 is 18.1 Å². The highest BCUT2D eigenvalue weighted by Crippen LogP contribution is 2.21. The van der Waals surface area contributed by atoms with E-state index in [2.05, 4.69) is 15.2 Å². The van der Waals surface area contributed by atoms with Crippen LogP contribution in [-0.2, 0) is 10.3 Å². The molecule has 0 spiro atoms. The summed E-state index contributed by atoms with van der Waals surface area (Å²) in [4.78, 5) is 0. The first kappa shape index (κ1) is 10.4. The van der Waals surface area contributed by atoms with Gasteiger partial charge in [-0.1, -0.05) is 17.4 Å². The van der Waals surface area contributed by atoms with Gasteiger partial charge in [-0.3, -0.25) is 9.98 Å². The van der Waals surface area contributed by atoms with Crippen molar-refractivity contribution in [3.05, 3.63) is 24.3 Å². The molecule has 1 aromatic rings. The van der Waals surface area contributed by atoms with E-state index in [9.17, 15) is 8.42 Å². The van der Waals surface area contributed by atoms with Gasteiger partial charge < -0.3 is 5.11 Å². The summed E-state index contributed by atoms with van der Waals surface area (Å²) in [5.74, 6) is -0.109. The summed E-state index contributed by atoms with van der Waals surface area (Å²) >= 11 is 0. The minimum Gasteiger partial charge on any atom is -0.506 e. The maximum absolute atomic E-state index is 10.1. The van der Waals surface area contributed by atoms with E-state index >= 15 is 0 Å². The van der Waals surface area contributed by atoms with Crippen molar-refractivity contribution in [3.8, 4) is 5.75 Å². The third-order valence-corrected chi connectivity index (χ3v) is 1.51. The Morgan fingerprint density at radius 3 is 2.50 bits per heavy atom. The van der Waals surface area contributed by atoms with E-state index in [0.717, 1.165) is 0 Å². The normalized spacial score (nSPS) is 11.8. The molecule has 0 bridgehead atoms. The van der Waals surface area contributed by atoms with Gasteiger partial charge in [0, 0.05) is 0 Å². The SMILES string of the molecule is O=S(=O)(O)/N=N/Nc1ccccc1O. The Balaban J connectivity index is 2.72. The van der Waals surface area contributed by atoms with Crippen LogP contribution in [0.1, 0.15) is 0 Å². The second-order valence-corrected chi connectivity index (χ2v) is 3.32. The van der Waals surface area contributed by atoms with Crippen LogP contribution in [0.4, 0.5) is 5.69 Å². The van der Waals surface area contributed by atoms with Crippen molar-refractivity contribution in [3.63, 3.8) is 0 Å². The Hall–Kier alpha value is -1.67. The highest BCUT2D eigenvalue weighted by atomic mass is 32.2. The van der Waals surface area contributed by atoms with Gasteiger partial charge in [0.2, 0.25) is 0 Å². The number of aromatic hydroxyl groups is 1. The van der Waals surface area contributed by atoms with Crippen LogP contribution in [-0.4, -0.2) is 18.1 Å². The monoisotopic (exact) mass is 217 g/mol. The molecule has 0 aliphatic heterocycles. The molecule has 0 fully saturated rings. The molecule has 0 amide bonds. The fourth-order valence-electron chi connectivity index (χ4n) is 0.694. The van der Waals surface area contributed by atoms with Gasteiger partial charge in [0.25, 0.3) is 0 Å². The minimum absolute atomic E-state index is 0.109.